The first-order valence-electron chi connectivity index (χ1n) is 6.95. The normalized spacial score (nSPS) is 10.2. The topological polar surface area (TPSA) is 41.1 Å². The van der Waals surface area contributed by atoms with Gasteiger partial charge in [0.1, 0.15) is 0 Å². The Hall–Kier alpha value is -2.00. The molecule has 0 aliphatic heterocycles. The number of amides is 1. The van der Waals surface area contributed by atoms with Gasteiger partial charge in [-0.15, -0.1) is 0 Å². The van der Waals surface area contributed by atoms with E-state index in [0.717, 1.165) is 22.7 Å². The molecule has 0 aliphatic rings. The van der Waals surface area contributed by atoms with Gasteiger partial charge in [-0.25, -0.2) is 0 Å². The molecule has 0 unspecified atom stereocenters. The summed E-state index contributed by atoms with van der Waals surface area (Å²) < 4.78 is 0. The third-order valence-corrected chi connectivity index (χ3v) is 3.36. The zero-order chi connectivity index (χ0) is 15.1. The average molecular weight is 303 g/mol. The number of nitrogens with one attached hydrogen (secondary N) is 2. The number of hydrogen-bond donors (Lipinski definition) is 2. The molecule has 0 spiro atoms. The van der Waals surface area contributed by atoms with Crippen molar-refractivity contribution >= 4 is 23.2 Å². The minimum absolute atomic E-state index is 0.0161. The molecule has 2 rings (SSSR count). The van der Waals surface area contributed by atoms with Gasteiger partial charge in [-0.05, 0) is 43.2 Å². The van der Waals surface area contributed by atoms with Gasteiger partial charge in [0.15, 0.2) is 0 Å². The third-order valence-electron chi connectivity index (χ3n) is 3.13. The maximum atomic E-state index is 11.7. The first-order valence-corrected chi connectivity index (χ1v) is 7.33. The van der Waals surface area contributed by atoms with Gasteiger partial charge in [-0.2, -0.15) is 0 Å². The molecule has 0 radical (unpaired) electrons. The lowest BCUT2D eigenvalue weighted by Crippen LogP contribution is -2.31. The molecule has 21 heavy (non-hydrogen) atoms. The first kappa shape index (κ1) is 15.4. The van der Waals surface area contributed by atoms with Crippen molar-refractivity contribution in [2.45, 2.75) is 13.3 Å². The minimum Gasteiger partial charge on any atom is -0.376 e. The number of carbonyl (C=O) groups excluding carboxylic acids is 1. The van der Waals surface area contributed by atoms with E-state index in [9.17, 15) is 4.79 Å². The highest BCUT2D eigenvalue weighted by Gasteiger charge is 2.01. The number of anilines is 1. The molecule has 4 heteroatoms. The van der Waals surface area contributed by atoms with E-state index in [4.69, 9.17) is 11.6 Å². The summed E-state index contributed by atoms with van der Waals surface area (Å²) in [6.45, 7) is 2.92. The molecule has 0 atom stereocenters. The summed E-state index contributed by atoms with van der Waals surface area (Å²) in [4.78, 5) is 11.7. The van der Waals surface area contributed by atoms with Crippen LogP contribution in [0.25, 0.3) is 0 Å². The van der Waals surface area contributed by atoms with Gasteiger partial charge >= 0.3 is 0 Å². The van der Waals surface area contributed by atoms with Gasteiger partial charge in [-0.3, -0.25) is 4.79 Å². The van der Waals surface area contributed by atoms with Crippen LogP contribution in [0.1, 0.15) is 11.1 Å². The van der Waals surface area contributed by atoms with Crippen LogP contribution in [0.15, 0.2) is 48.5 Å². The Morgan fingerprint density at radius 3 is 2.62 bits per heavy atom. The average Bonchev–Trinajstić information content (AvgIpc) is 2.47. The number of rotatable bonds is 6. The smallest absolute Gasteiger partial charge is 0.239 e. The van der Waals surface area contributed by atoms with Crippen molar-refractivity contribution in [3.8, 4) is 0 Å². The summed E-state index contributed by atoms with van der Waals surface area (Å²) in [6, 6.07) is 15.6. The predicted molar refractivity (Wildman–Crippen MR) is 87.8 cm³/mol. The van der Waals surface area contributed by atoms with Crippen LogP contribution in [-0.2, 0) is 11.2 Å². The van der Waals surface area contributed by atoms with E-state index in [2.05, 4.69) is 10.6 Å². The van der Waals surface area contributed by atoms with Crippen molar-refractivity contribution in [3.05, 3.63) is 64.7 Å². The van der Waals surface area contributed by atoms with Crippen LogP contribution in [0, 0.1) is 6.92 Å². The van der Waals surface area contributed by atoms with Crippen LogP contribution in [0.5, 0.6) is 0 Å². The minimum atomic E-state index is -0.0161. The second kappa shape index (κ2) is 7.70. The summed E-state index contributed by atoms with van der Waals surface area (Å²) in [5.41, 5.74) is 3.27. The molecule has 0 aliphatic carbocycles. The molecule has 3 nitrogen and oxygen atoms in total. The fraction of sp³-hybridized carbons (Fsp3) is 0.235. The highest BCUT2D eigenvalue weighted by Crippen LogP contribution is 2.10. The molecule has 0 saturated heterocycles. The van der Waals surface area contributed by atoms with Gasteiger partial charge in [0.2, 0.25) is 5.91 Å². The fourth-order valence-electron chi connectivity index (χ4n) is 1.95. The lowest BCUT2D eigenvalue weighted by molar-refractivity contribution is -0.119. The van der Waals surface area contributed by atoms with Crippen molar-refractivity contribution in [1.82, 2.24) is 5.32 Å². The van der Waals surface area contributed by atoms with Crippen molar-refractivity contribution in [1.29, 1.82) is 0 Å². The van der Waals surface area contributed by atoms with Crippen LogP contribution < -0.4 is 10.6 Å². The number of halogens is 1. The van der Waals surface area contributed by atoms with Crippen molar-refractivity contribution < 1.29 is 4.79 Å². The summed E-state index contributed by atoms with van der Waals surface area (Å²) >= 11 is 5.92. The summed E-state index contributed by atoms with van der Waals surface area (Å²) in [5, 5.41) is 6.71. The quantitative estimate of drug-likeness (QED) is 0.858. The van der Waals surface area contributed by atoms with Crippen molar-refractivity contribution in [2.75, 3.05) is 18.4 Å². The van der Waals surface area contributed by atoms with Gasteiger partial charge < -0.3 is 10.6 Å². The Labute approximate surface area is 130 Å². The molecule has 2 aromatic carbocycles. The lowest BCUT2D eigenvalue weighted by Gasteiger charge is -2.08. The largest absolute Gasteiger partial charge is 0.376 e. The van der Waals surface area contributed by atoms with E-state index < -0.39 is 0 Å². The van der Waals surface area contributed by atoms with E-state index >= 15 is 0 Å². The summed E-state index contributed by atoms with van der Waals surface area (Å²) in [5.74, 6) is -0.0161. The highest BCUT2D eigenvalue weighted by atomic mass is 35.5. The van der Waals surface area contributed by atoms with E-state index in [1.807, 2.05) is 55.5 Å². The molecular weight excluding hydrogens is 284 g/mol. The molecule has 0 aromatic heterocycles. The second-order valence-electron chi connectivity index (χ2n) is 4.95. The Bertz CT molecular complexity index is 596. The number of carbonyl (C=O) groups is 1. The monoisotopic (exact) mass is 302 g/mol. The lowest BCUT2D eigenvalue weighted by atomic mass is 10.1. The molecule has 2 aromatic rings. The van der Waals surface area contributed by atoms with E-state index in [0.29, 0.717) is 6.54 Å². The van der Waals surface area contributed by atoms with E-state index in [1.54, 1.807) is 0 Å². The number of aryl methyl sites for hydroxylation is 1. The van der Waals surface area contributed by atoms with Gasteiger partial charge in [0, 0.05) is 17.3 Å². The van der Waals surface area contributed by atoms with E-state index in [1.165, 1.54) is 5.56 Å². The maximum absolute atomic E-state index is 11.7. The number of benzene rings is 2. The zero-order valence-electron chi connectivity index (χ0n) is 12.0. The Morgan fingerprint density at radius 1 is 1.14 bits per heavy atom. The molecule has 110 valence electrons. The van der Waals surface area contributed by atoms with Crippen molar-refractivity contribution in [3.63, 3.8) is 0 Å². The predicted octanol–water partition coefficient (Wildman–Crippen LogP) is 3.42. The Kier molecular flexibility index (Phi) is 5.64. The molecule has 0 heterocycles. The molecular formula is C17H19ClN2O. The third kappa shape index (κ3) is 5.48. The molecule has 0 saturated carbocycles. The standard InChI is InChI=1S/C17H19ClN2O/c1-13-5-7-16(8-6-13)20-12-17(21)19-10-9-14-3-2-4-15(18)11-14/h2-8,11,20H,9-10,12H2,1H3,(H,19,21). The Morgan fingerprint density at radius 2 is 1.90 bits per heavy atom. The molecule has 0 fully saturated rings. The van der Waals surface area contributed by atoms with E-state index in [-0.39, 0.29) is 12.5 Å². The molecule has 0 bridgehead atoms. The highest BCUT2D eigenvalue weighted by molar-refractivity contribution is 6.30. The second-order valence-corrected chi connectivity index (χ2v) is 5.39. The van der Waals surface area contributed by atoms with Crippen LogP contribution in [-0.4, -0.2) is 19.0 Å². The zero-order valence-corrected chi connectivity index (χ0v) is 12.8. The van der Waals surface area contributed by atoms with Gasteiger partial charge in [-0.1, -0.05) is 41.4 Å². The van der Waals surface area contributed by atoms with Gasteiger partial charge in [0.05, 0.1) is 6.54 Å². The SMILES string of the molecule is Cc1ccc(NCC(=O)NCCc2cccc(Cl)c2)cc1. The molecule has 2 N–H and O–H groups in total. The maximum Gasteiger partial charge on any atom is 0.239 e. The summed E-state index contributed by atoms with van der Waals surface area (Å²) in [6.07, 6.45) is 0.775. The van der Waals surface area contributed by atoms with Crippen LogP contribution in [0.2, 0.25) is 5.02 Å². The number of hydrogen-bond acceptors (Lipinski definition) is 2. The van der Waals surface area contributed by atoms with Gasteiger partial charge in [0.25, 0.3) is 0 Å². The van der Waals surface area contributed by atoms with Crippen LogP contribution in [0.4, 0.5) is 5.69 Å². The molecule has 1 amide bonds. The summed E-state index contributed by atoms with van der Waals surface area (Å²) in [7, 11) is 0. The first-order chi connectivity index (χ1) is 10.1. The van der Waals surface area contributed by atoms with Crippen LogP contribution >= 0.6 is 11.6 Å². The fourth-order valence-corrected chi connectivity index (χ4v) is 2.17. The Balaban J connectivity index is 1.69. The van der Waals surface area contributed by atoms with Crippen molar-refractivity contribution in [2.24, 2.45) is 0 Å². The van der Waals surface area contributed by atoms with Crippen LogP contribution in [0.3, 0.4) is 0 Å².